The Labute approximate surface area is 196 Å². The van der Waals surface area contributed by atoms with Crippen LogP contribution in [0.2, 0.25) is 0 Å². The van der Waals surface area contributed by atoms with E-state index in [1.807, 2.05) is 41.5 Å². The summed E-state index contributed by atoms with van der Waals surface area (Å²) in [6.07, 6.45) is 5.22. The lowest BCUT2D eigenvalue weighted by atomic mass is 9.75. The second kappa shape index (κ2) is 13.9. The van der Waals surface area contributed by atoms with Gasteiger partial charge < -0.3 is 26.0 Å². The second-order valence-electron chi connectivity index (χ2n) is 9.60. The van der Waals surface area contributed by atoms with E-state index < -0.39 is 42.9 Å². The molecule has 0 aliphatic carbocycles. The van der Waals surface area contributed by atoms with E-state index in [0.29, 0.717) is 19.3 Å². The molecule has 1 rings (SSSR count). The third kappa shape index (κ3) is 10.8. The molecular formula is C22H38BN5O5. The molecule has 0 radical (unpaired) electrons. The van der Waals surface area contributed by atoms with Gasteiger partial charge in [0.1, 0.15) is 17.8 Å². The molecule has 1 aromatic heterocycles. The number of amides is 3. The van der Waals surface area contributed by atoms with Crippen LogP contribution in [-0.2, 0) is 9.59 Å². The van der Waals surface area contributed by atoms with Gasteiger partial charge in [-0.15, -0.1) is 0 Å². The van der Waals surface area contributed by atoms with Crippen molar-refractivity contribution in [3.05, 3.63) is 24.3 Å². The highest BCUT2D eigenvalue weighted by atomic mass is 16.4. The fraction of sp³-hybridized carbons (Fsp3) is 0.682. The third-order valence-corrected chi connectivity index (χ3v) is 4.88. The predicted molar refractivity (Wildman–Crippen MR) is 126 cm³/mol. The fourth-order valence-corrected chi connectivity index (χ4v) is 3.37. The summed E-state index contributed by atoms with van der Waals surface area (Å²) in [6.45, 7) is 11.5. The molecule has 0 spiro atoms. The lowest BCUT2D eigenvalue weighted by molar-refractivity contribution is -0.130. The van der Waals surface area contributed by atoms with Gasteiger partial charge in [-0.25, -0.2) is 4.98 Å². The molecule has 11 heteroatoms. The van der Waals surface area contributed by atoms with Gasteiger partial charge >= 0.3 is 7.12 Å². The normalized spacial score (nSPS) is 14.0. The largest absolute Gasteiger partial charge is 0.475 e. The standard InChI is InChI=1S/C22H38BN5O5/c1-13(2)9-16(27-22(31)18-12-24-7-8-25-18)20(29)26-17(10-14(3)4)21(30)28-19(23(32)33)11-15(5)6/h7-8,12-17,19,32-33H,9-11H2,1-6H3,(H,26,29)(H,27,31)(H,28,30)/t16-,17-,19+/m0/s1. The van der Waals surface area contributed by atoms with Crippen LogP contribution in [0.3, 0.4) is 0 Å². The zero-order chi connectivity index (χ0) is 25.1. The van der Waals surface area contributed by atoms with Crippen molar-refractivity contribution < 1.29 is 24.4 Å². The van der Waals surface area contributed by atoms with Crippen LogP contribution in [0.25, 0.3) is 0 Å². The Balaban J connectivity index is 2.98. The molecule has 0 unspecified atom stereocenters. The zero-order valence-electron chi connectivity index (χ0n) is 20.4. The molecule has 10 nitrogen and oxygen atoms in total. The van der Waals surface area contributed by atoms with Gasteiger partial charge in [-0.2, -0.15) is 0 Å². The van der Waals surface area contributed by atoms with Crippen LogP contribution in [0.5, 0.6) is 0 Å². The van der Waals surface area contributed by atoms with Gasteiger partial charge in [0.2, 0.25) is 11.8 Å². The van der Waals surface area contributed by atoms with E-state index >= 15 is 0 Å². The van der Waals surface area contributed by atoms with Crippen LogP contribution in [-0.4, -0.2) is 62.9 Å². The number of rotatable bonds is 13. The van der Waals surface area contributed by atoms with Crippen molar-refractivity contribution in [2.45, 2.75) is 78.8 Å². The quantitative estimate of drug-likeness (QED) is 0.270. The van der Waals surface area contributed by atoms with E-state index in [1.165, 1.54) is 18.6 Å². The first-order valence-corrected chi connectivity index (χ1v) is 11.4. The van der Waals surface area contributed by atoms with Crippen LogP contribution < -0.4 is 16.0 Å². The average Bonchev–Trinajstić information content (AvgIpc) is 2.71. The minimum Gasteiger partial charge on any atom is -0.426 e. The summed E-state index contributed by atoms with van der Waals surface area (Å²) in [6, 6.07) is -1.77. The van der Waals surface area contributed by atoms with Gasteiger partial charge in [0.25, 0.3) is 5.91 Å². The molecule has 1 aromatic rings. The minimum atomic E-state index is -1.72. The molecule has 0 saturated carbocycles. The third-order valence-electron chi connectivity index (χ3n) is 4.88. The number of carbonyl (C=O) groups is 3. The number of hydrogen-bond acceptors (Lipinski definition) is 7. The van der Waals surface area contributed by atoms with Gasteiger partial charge in [0.05, 0.1) is 12.1 Å². The molecule has 33 heavy (non-hydrogen) atoms. The number of nitrogens with one attached hydrogen (secondary N) is 3. The van der Waals surface area contributed by atoms with Gasteiger partial charge in [-0.3, -0.25) is 19.4 Å². The van der Waals surface area contributed by atoms with E-state index in [4.69, 9.17) is 0 Å². The summed E-state index contributed by atoms with van der Waals surface area (Å²) in [5.74, 6) is -2.07. The van der Waals surface area contributed by atoms with E-state index in [2.05, 4.69) is 25.9 Å². The van der Waals surface area contributed by atoms with Gasteiger partial charge in [0, 0.05) is 12.4 Å². The lowest BCUT2D eigenvalue weighted by Crippen LogP contribution is -2.57. The van der Waals surface area contributed by atoms with Crippen molar-refractivity contribution in [1.29, 1.82) is 0 Å². The molecule has 0 bridgehead atoms. The highest BCUT2D eigenvalue weighted by Gasteiger charge is 2.32. The first kappa shape index (κ1) is 28.5. The van der Waals surface area contributed by atoms with E-state index in [9.17, 15) is 24.4 Å². The van der Waals surface area contributed by atoms with Crippen LogP contribution in [0.1, 0.15) is 71.3 Å². The number of hydrogen-bond donors (Lipinski definition) is 5. The Kier molecular flexibility index (Phi) is 12.0. The Hall–Kier alpha value is -2.53. The molecule has 0 aromatic carbocycles. The maximum atomic E-state index is 13.1. The smallest absolute Gasteiger partial charge is 0.426 e. The van der Waals surface area contributed by atoms with Gasteiger partial charge in [0.15, 0.2) is 0 Å². The van der Waals surface area contributed by atoms with Crippen LogP contribution in [0.15, 0.2) is 18.6 Å². The summed E-state index contributed by atoms with van der Waals surface area (Å²) in [5, 5.41) is 27.4. The Morgan fingerprint density at radius 3 is 1.79 bits per heavy atom. The Bertz CT molecular complexity index is 761. The topological polar surface area (TPSA) is 154 Å². The Morgan fingerprint density at radius 2 is 1.33 bits per heavy atom. The predicted octanol–water partition coefficient (Wildman–Crippen LogP) is 0.695. The van der Waals surface area contributed by atoms with E-state index in [0.717, 1.165) is 0 Å². The van der Waals surface area contributed by atoms with Crippen molar-refractivity contribution in [2.75, 3.05) is 0 Å². The monoisotopic (exact) mass is 463 g/mol. The highest BCUT2D eigenvalue weighted by Crippen LogP contribution is 2.11. The van der Waals surface area contributed by atoms with Crippen molar-refractivity contribution in [3.8, 4) is 0 Å². The van der Waals surface area contributed by atoms with Crippen LogP contribution >= 0.6 is 0 Å². The van der Waals surface area contributed by atoms with Gasteiger partial charge in [-0.05, 0) is 37.0 Å². The maximum Gasteiger partial charge on any atom is 0.475 e. The SMILES string of the molecule is CC(C)C[C@H](NC(=O)c1cnccn1)C(=O)N[C@@H](CC(C)C)C(=O)N[C@H](CC(C)C)B(O)O. The van der Waals surface area contributed by atoms with Crippen molar-refractivity contribution in [1.82, 2.24) is 25.9 Å². The van der Waals surface area contributed by atoms with Gasteiger partial charge in [-0.1, -0.05) is 41.5 Å². The molecule has 5 N–H and O–H groups in total. The van der Waals surface area contributed by atoms with Crippen LogP contribution in [0, 0.1) is 17.8 Å². The minimum absolute atomic E-state index is 0.0846. The number of aromatic nitrogens is 2. The molecule has 0 fully saturated rings. The molecular weight excluding hydrogens is 425 g/mol. The summed E-state index contributed by atoms with van der Waals surface area (Å²) < 4.78 is 0. The van der Waals surface area contributed by atoms with E-state index in [1.54, 1.807) is 0 Å². The molecule has 1 heterocycles. The first-order chi connectivity index (χ1) is 15.4. The average molecular weight is 463 g/mol. The molecule has 0 aliphatic heterocycles. The van der Waals surface area contributed by atoms with Crippen molar-refractivity contribution in [3.63, 3.8) is 0 Å². The zero-order valence-corrected chi connectivity index (χ0v) is 20.4. The van der Waals surface area contributed by atoms with Crippen LogP contribution in [0.4, 0.5) is 0 Å². The number of carbonyl (C=O) groups excluding carboxylic acids is 3. The van der Waals surface area contributed by atoms with Crippen molar-refractivity contribution in [2.24, 2.45) is 17.8 Å². The summed E-state index contributed by atoms with van der Waals surface area (Å²) in [5.41, 5.74) is 0.0870. The molecule has 3 atom stereocenters. The molecule has 0 saturated heterocycles. The summed E-state index contributed by atoms with van der Waals surface area (Å²) in [4.78, 5) is 46.4. The Morgan fingerprint density at radius 1 is 0.818 bits per heavy atom. The molecule has 3 amide bonds. The summed E-state index contributed by atoms with van der Waals surface area (Å²) in [7, 11) is -1.72. The number of nitrogens with zero attached hydrogens (tertiary/aromatic N) is 2. The summed E-state index contributed by atoms with van der Waals surface area (Å²) >= 11 is 0. The molecule has 0 aliphatic rings. The lowest BCUT2D eigenvalue weighted by Gasteiger charge is -2.27. The van der Waals surface area contributed by atoms with E-state index in [-0.39, 0.29) is 23.4 Å². The highest BCUT2D eigenvalue weighted by molar-refractivity contribution is 6.43. The molecule has 184 valence electrons. The fourth-order valence-electron chi connectivity index (χ4n) is 3.37. The maximum absolute atomic E-state index is 13.1. The first-order valence-electron chi connectivity index (χ1n) is 11.4. The second-order valence-corrected chi connectivity index (χ2v) is 9.60. The van der Waals surface area contributed by atoms with Crippen molar-refractivity contribution >= 4 is 24.8 Å².